The van der Waals surface area contributed by atoms with Crippen molar-refractivity contribution in [2.24, 2.45) is 11.6 Å². The summed E-state index contributed by atoms with van der Waals surface area (Å²) in [5.74, 6) is 5.23. The van der Waals surface area contributed by atoms with Gasteiger partial charge in [-0.25, -0.2) is 5.84 Å². The normalized spacial score (nSPS) is 10.5. The van der Waals surface area contributed by atoms with Gasteiger partial charge in [-0.2, -0.15) is 0 Å². The first-order chi connectivity index (χ1) is 8.04. The van der Waals surface area contributed by atoms with Gasteiger partial charge in [-0.3, -0.25) is 0 Å². The van der Waals surface area contributed by atoms with Crippen molar-refractivity contribution in [3.05, 3.63) is 47.3 Å². The maximum Gasteiger partial charge on any atom is 0.0411 e. The molecule has 0 saturated heterocycles. The predicted molar refractivity (Wildman–Crippen MR) is 75.1 cm³/mol. The summed E-state index contributed by atoms with van der Waals surface area (Å²) in [6.07, 6.45) is 3.74. The number of hydrogen-bond acceptors (Lipinski definition) is 3. The highest BCUT2D eigenvalue weighted by Crippen LogP contribution is 2.04. The molecule has 96 valence electrons. The Balaban J connectivity index is 0.000000325. The Labute approximate surface area is 105 Å². The Kier molecular flexibility index (Phi) is 7.89. The van der Waals surface area contributed by atoms with Crippen molar-refractivity contribution < 1.29 is 0 Å². The van der Waals surface area contributed by atoms with Gasteiger partial charge in [0.15, 0.2) is 0 Å². The Bertz CT molecular complexity index is 303. The Morgan fingerprint density at radius 3 is 1.59 bits per heavy atom. The number of rotatable bonds is 3. The van der Waals surface area contributed by atoms with E-state index in [2.05, 4.69) is 38.1 Å². The van der Waals surface area contributed by atoms with Gasteiger partial charge in [0.1, 0.15) is 0 Å². The number of hydrogen-bond donors (Lipinski definition) is 2. The van der Waals surface area contributed by atoms with Gasteiger partial charge in [-0.15, -0.1) is 0 Å². The van der Waals surface area contributed by atoms with E-state index < -0.39 is 0 Å². The molecule has 3 nitrogen and oxygen atoms in total. The molecule has 17 heavy (non-hydrogen) atoms. The van der Waals surface area contributed by atoms with Crippen LogP contribution in [-0.2, 0) is 12.8 Å². The van der Waals surface area contributed by atoms with Gasteiger partial charge in [-0.05, 0) is 30.9 Å². The van der Waals surface area contributed by atoms with Crippen LogP contribution in [0.5, 0.6) is 0 Å². The molecule has 0 unspecified atom stereocenters. The Morgan fingerprint density at radius 2 is 1.47 bits per heavy atom. The van der Waals surface area contributed by atoms with Crippen molar-refractivity contribution in [3.8, 4) is 0 Å². The summed E-state index contributed by atoms with van der Waals surface area (Å²) in [4.78, 5) is 0. The van der Waals surface area contributed by atoms with Gasteiger partial charge < -0.3 is 10.7 Å². The zero-order chi connectivity index (χ0) is 13.3. The summed E-state index contributed by atoms with van der Waals surface area (Å²) in [7, 11) is 1.73. The van der Waals surface area contributed by atoms with Crippen molar-refractivity contribution in [2.75, 3.05) is 7.05 Å². The number of nitrogens with two attached hydrogens (primary N) is 2. The summed E-state index contributed by atoms with van der Waals surface area (Å²) >= 11 is 0. The number of allylic oxidation sites excluding steroid dienone is 1. The van der Waals surface area contributed by atoms with Crippen molar-refractivity contribution in [2.45, 2.75) is 33.6 Å². The van der Waals surface area contributed by atoms with E-state index in [1.807, 2.05) is 6.92 Å². The zero-order valence-electron chi connectivity index (χ0n) is 11.4. The first-order valence-electron chi connectivity index (χ1n) is 5.99. The van der Waals surface area contributed by atoms with E-state index in [1.54, 1.807) is 7.05 Å². The average molecular weight is 235 g/mol. The molecular formula is C14H25N3. The molecule has 0 spiro atoms. The molecule has 1 aromatic rings. The summed E-state index contributed by atoms with van der Waals surface area (Å²) < 4.78 is 0. The SMILES string of the molecule is C/C(=C/N)N(C)N.CCc1ccc(CC)cc1. The largest absolute Gasteiger partial charge is 0.403 e. The van der Waals surface area contributed by atoms with Crippen LogP contribution >= 0.6 is 0 Å². The topological polar surface area (TPSA) is 55.3 Å². The third-order valence-corrected chi connectivity index (χ3v) is 2.64. The van der Waals surface area contributed by atoms with E-state index in [0.29, 0.717) is 0 Å². The van der Waals surface area contributed by atoms with Crippen LogP contribution in [0, 0.1) is 0 Å². The lowest BCUT2D eigenvalue weighted by molar-refractivity contribution is 0.440. The number of nitrogens with zero attached hydrogens (tertiary/aromatic N) is 1. The van der Waals surface area contributed by atoms with Crippen LogP contribution in [0.25, 0.3) is 0 Å². The fraction of sp³-hybridized carbons (Fsp3) is 0.429. The van der Waals surface area contributed by atoms with Crippen LogP contribution < -0.4 is 11.6 Å². The van der Waals surface area contributed by atoms with Crippen molar-refractivity contribution in [1.29, 1.82) is 0 Å². The molecule has 3 heteroatoms. The average Bonchev–Trinajstić information content (AvgIpc) is 2.38. The second-order valence-electron chi connectivity index (χ2n) is 3.94. The van der Waals surface area contributed by atoms with E-state index in [1.165, 1.54) is 22.3 Å². The van der Waals surface area contributed by atoms with E-state index in [9.17, 15) is 0 Å². The fourth-order valence-electron chi connectivity index (χ4n) is 1.13. The van der Waals surface area contributed by atoms with E-state index in [4.69, 9.17) is 11.6 Å². The van der Waals surface area contributed by atoms with E-state index in [0.717, 1.165) is 18.5 Å². The van der Waals surface area contributed by atoms with Crippen molar-refractivity contribution >= 4 is 0 Å². The monoisotopic (exact) mass is 235 g/mol. The van der Waals surface area contributed by atoms with Crippen LogP contribution in [0.15, 0.2) is 36.2 Å². The number of hydrazine groups is 1. The third kappa shape index (κ3) is 6.64. The van der Waals surface area contributed by atoms with Crippen molar-refractivity contribution in [3.63, 3.8) is 0 Å². The second kappa shape index (κ2) is 8.65. The minimum absolute atomic E-state index is 0.861. The molecule has 0 aliphatic rings. The van der Waals surface area contributed by atoms with Gasteiger partial charge in [0.05, 0.1) is 0 Å². The van der Waals surface area contributed by atoms with E-state index >= 15 is 0 Å². The molecule has 0 heterocycles. The molecule has 4 N–H and O–H groups in total. The molecule has 0 aliphatic heterocycles. The molecule has 0 radical (unpaired) electrons. The first kappa shape index (κ1) is 15.5. The lowest BCUT2D eigenvalue weighted by atomic mass is 10.1. The molecule has 0 fully saturated rings. The number of aryl methyl sites for hydroxylation is 2. The smallest absolute Gasteiger partial charge is 0.0411 e. The van der Waals surface area contributed by atoms with Gasteiger partial charge in [0.25, 0.3) is 0 Å². The lowest BCUT2D eigenvalue weighted by Gasteiger charge is -2.09. The predicted octanol–water partition coefficient (Wildman–Crippen LogP) is 2.42. The highest BCUT2D eigenvalue weighted by atomic mass is 15.4. The van der Waals surface area contributed by atoms with Crippen LogP contribution in [0.2, 0.25) is 0 Å². The summed E-state index contributed by atoms with van der Waals surface area (Å²) in [5.41, 5.74) is 8.81. The van der Waals surface area contributed by atoms with Gasteiger partial charge >= 0.3 is 0 Å². The summed E-state index contributed by atoms with van der Waals surface area (Å²) in [6, 6.07) is 8.83. The molecule has 1 aromatic carbocycles. The summed E-state index contributed by atoms with van der Waals surface area (Å²) in [6.45, 7) is 6.20. The molecule has 0 aromatic heterocycles. The first-order valence-corrected chi connectivity index (χ1v) is 5.99. The standard InChI is InChI=1S/C10H14.C4H11N3/c1-3-9-5-7-10(4-2)8-6-9;1-4(3-5)7(2)6/h5-8H,3-4H2,1-2H3;3H,5-6H2,1-2H3/b;4-3-. The molecule has 0 aliphatic carbocycles. The quantitative estimate of drug-likeness (QED) is 0.625. The summed E-state index contributed by atoms with van der Waals surface area (Å²) in [5, 5.41) is 1.46. The highest BCUT2D eigenvalue weighted by molar-refractivity contribution is 5.22. The lowest BCUT2D eigenvalue weighted by Crippen LogP contribution is -2.24. The molecule has 1 rings (SSSR count). The van der Waals surface area contributed by atoms with Crippen LogP contribution in [-0.4, -0.2) is 12.1 Å². The van der Waals surface area contributed by atoms with Gasteiger partial charge in [0, 0.05) is 18.9 Å². The fourth-order valence-corrected chi connectivity index (χ4v) is 1.13. The van der Waals surface area contributed by atoms with Gasteiger partial charge in [-0.1, -0.05) is 38.1 Å². The van der Waals surface area contributed by atoms with Gasteiger partial charge in [0.2, 0.25) is 0 Å². The molecule has 0 saturated carbocycles. The maximum atomic E-state index is 5.23. The minimum Gasteiger partial charge on any atom is -0.403 e. The zero-order valence-corrected chi connectivity index (χ0v) is 11.4. The second-order valence-corrected chi connectivity index (χ2v) is 3.94. The van der Waals surface area contributed by atoms with Crippen molar-refractivity contribution in [1.82, 2.24) is 5.01 Å². The Hall–Kier alpha value is -1.48. The highest BCUT2D eigenvalue weighted by Gasteiger charge is 1.88. The molecule has 0 amide bonds. The number of benzene rings is 1. The Morgan fingerprint density at radius 1 is 1.12 bits per heavy atom. The molecular weight excluding hydrogens is 210 g/mol. The third-order valence-electron chi connectivity index (χ3n) is 2.64. The maximum absolute atomic E-state index is 5.23. The minimum atomic E-state index is 0.861. The van der Waals surface area contributed by atoms with Crippen LogP contribution in [0.1, 0.15) is 31.9 Å². The van der Waals surface area contributed by atoms with E-state index in [-0.39, 0.29) is 0 Å². The van der Waals surface area contributed by atoms with Crippen LogP contribution in [0.3, 0.4) is 0 Å². The van der Waals surface area contributed by atoms with Crippen LogP contribution in [0.4, 0.5) is 0 Å². The molecule has 0 bridgehead atoms. The molecule has 0 atom stereocenters.